The molecule has 2 N–H and O–H groups in total. The number of ether oxygens (including phenoxy) is 1. The fraction of sp³-hybridized carbons (Fsp3) is 0.300. The average Bonchev–Trinajstić information content (AvgIpc) is 2.27. The van der Waals surface area contributed by atoms with Crippen LogP contribution in [0.4, 0.5) is 5.69 Å². The number of hydrogen-bond donors (Lipinski definition) is 2. The van der Waals surface area contributed by atoms with Crippen LogP contribution in [-0.4, -0.2) is 47.3 Å². The smallest absolute Gasteiger partial charge is 0.323 e. The molecule has 17 heavy (non-hydrogen) atoms. The second kappa shape index (κ2) is 5.69. The Morgan fingerprint density at radius 3 is 2.41 bits per heavy atom. The lowest BCUT2D eigenvalue weighted by molar-refractivity contribution is -0.136. The van der Waals surface area contributed by atoms with Crippen molar-refractivity contribution in [1.82, 2.24) is 4.98 Å². The van der Waals surface area contributed by atoms with Gasteiger partial charge in [-0.25, -0.2) is 4.98 Å². The topological polar surface area (TPSA) is 100.0 Å². The Hall–Kier alpha value is -2.31. The Kier molecular flexibility index (Phi) is 4.27. The number of rotatable bonds is 6. The Morgan fingerprint density at radius 2 is 1.94 bits per heavy atom. The summed E-state index contributed by atoms with van der Waals surface area (Å²) < 4.78 is 4.88. The maximum absolute atomic E-state index is 10.6. The SMILES string of the molecule is COc1cc(N(CC(=O)O)CC(=O)O)ccn1. The highest BCUT2D eigenvalue weighted by Crippen LogP contribution is 2.18. The van der Waals surface area contributed by atoms with Gasteiger partial charge in [-0.05, 0) is 6.07 Å². The number of aromatic nitrogens is 1. The first-order valence-electron chi connectivity index (χ1n) is 4.71. The van der Waals surface area contributed by atoms with E-state index in [0.29, 0.717) is 11.6 Å². The van der Waals surface area contributed by atoms with Gasteiger partial charge in [-0.15, -0.1) is 0 Å². The van der Waals surface area contributed by atoms with Crippen molar-refractivity contribution >= 4 is 17.6 Å². The van der Waals surface area contributed by atoms with Crippen LogP contribution in [0.3, 0.4) is 0 Å². The fourth-order valence-corrected chi connectivity index (χ4v) is 1.27. The second-order valence-electron chi connectivity index (χ2n) is 3.20. The van der Waals surface area contributed by atoms with Crippen molar-refractivity contribution in [1.29, 1.82) is 0 Å². The summed E-state index contributed by atoms with van der Waals surface area (Å²) in [5.41, 5.74) is 0.432. The number of methoxy groups -OCH3 is 1. The van der Waals surface area contributed by atoms with Gasteiger partial charge in [0.2, 0.25) is 5.88 Å². The van der Waals surface area contributed by atoms with Gasteiger partial charge in [0.1, 0.15) is 13.1 Å². The molecule has 0 saturated heterocycles. The molecule has 0 aliphatic rings. The highest BCUT2D eigenvalue weighted by molar-refractivity contribution is 5.79. The molecule has 1 rings (SSSR count). The summed E-state index contributed by atoms with van der Waals surface area (Å²) in [7, 11) is 1.42. The predicted octanol–water partition coefficient (Wildman–Crippen LogP) is 0.0658. The second-order valence-corrected chi connectivity index (χ2v) is 3.20. The van der Waals surface area contributed by atoms with Gasteiger partial charge in [0.25, 0.3) is 0 Å². The summed E-state index contributed by atoms with van der Waals surface area (Å²) >= 11 is 0. The Bertz CT molecular complexity index is 405. The molecule has 1 heterocycles. The van der Waals surface area contributed by atoms with E-state index in [0.717, 1.165) is 0 Å². The first-order chi connectivity index (χ1) is 8.02. The van der Waals surface area contributed by atoms with Crippen LogP contribution in [0.25, 0.3) is 0 Å². The molecule has 0 aliphatic heterocycles. The molecular weight excluding hydrogens is 228 g/mol. The van der Waals surface area contributed by atoms with E-state index in [1.54, 1.807) is 0 Å². The van der Waals surface area contributed by atoms with E-state index in [2.05, 4.69) is 4.98 Å². The third kappa shape index (κ3) is 3.98. The molecule has 0 bridgehead atoms. The largest absolute Gasteiger partial charge is 0.481 e. The van der Waals surface area contributed by atoms with Crippen LogP contribution in [0, 0.1) is 0 Å². The maximum Gasteiger partial charge on any atom is 0.323 e. The summed E-state index contributed by atoms with van der Waals surface area (Å²) in [5, 5.41) is 17.4. The van der Waals surface area contributed by atoms with Gasteiger partial charge in [0.05, 0.1) is 7.11 Å². The lowest BCUT2D eigenvalue weighted by Gasteiger charge is -2.20. The molecule has 0 amide bonds. The molecule has 92 valence electrons. The molecule has 1 aromatic rings. The van der Waals surface area contributed by atoms with Crippen molar-refractivity contribution in [2.24, 2.45) is 0 Å². The third-order valence-electron chi connectivity index (χ3n) is 1.94. The van der Waals surface area contributed by atoms with E-state index >= 15 is 0 Å². The zero-order valence-electron chi connectivity index (χ0n) is 9.16. The quantitative estimate of drug-likeness (QED) is 0.725. The molecule has 0 saturated carbocycles. The third-order valence-corrected chi connectivity index (χ3v) is 1.94. The van der Waals surface area contributed by atoms with Gasteiger partial charge >= 0.3 is 11.9 Å². The summed E-state index contributed by atoms with van der Waals surface area (Å²) in [5.74, 6) is -1.92. The normalized spacial score (nSPS) is 9.71. The van der Waals surface area contributed by atoms with Crippen molar-refractivity contribution in [2.45, 2.75) is 0 Å². The van der Waals surface area contributed by atoms with E-state index in [1.165, 1.54) is 30.3 Å². The summed E-state index contributed by atoms with van der Waals surface area (Å²) in [6, 6.07) is 3.00. The van der Waals surface area contributed by atoms with Gasteiger partial charge in [0, 0.05) is 18.0 Å². The Balaban J connectivity index is 2.94. The Labute approximate surface area is 97.3 Å². The first-order valence-corrected chi connectivity index (χ1v) is 4.71. The number of hydrogen-bond acceptors (Lipinski definition) is 5. The molecule has 0 atom stereocenters. The number of aliphatic carboxylic acids is 2. The molecule has 7 nitrogen and oxygen atoms in total. The van der Waals surface area contributed by atoms with Gasteiger partial charge in [-0.2, -0.15) is 0 Å². The van der Waals surface area contributed by atoms with E-state index < -0.39 is 25.0 Å². The zero-order chi connectivity index (χ0) is 12.8. The predicted molar refractivity (Wildman–Crippen MR) is 58.3 cm³/mol. The maximum atomic E-state index is 10.6. The fourth-order valence-electron chi connectivity index (χ4n) is 1.27. The average molecular weight is 240 g/mol. The van der Waals surface area contributed by atoms with Crippen LogP contribution < -0.4 is 9.64 Å². The molecule has 7 heteroatoms. The van der Waals surface area contributed by atoms with E-state index in [1.807, 2.05) is 0 Å². The van der Waals surface area contributed by atoms with Crippen LogP contribution in [-0.2, 0) is 9.59 Å². The van der Waals surface area contributed by atoms with Crippen LogP contribution in [0.5, 0.6) is 5.88 Å². The van der Waals surface area contributed by atoms with Crippen LogP contribution in [0.15, 0.2) is 18.3 Å². The van der Waals surface area contributed by atoms with Gasteiger partial charge in [-0.3, -0.25) is 9.59 Å². The van der Waals surface area contributed by atoms with Gasteiger partial charge in [-0.1, -0.05) is 0 Å². The minimum atomic E-state index is -1.11. The monoisotopic (exact) mass is 240 g/mol. The summed E-state index contributed by atoms with van der Waals surface area (Å²) in [6.07, 6.45) is 1.42. The first kappa shape index (κ1) is 12.8. The van der Waals surface area contributed by atoms with Crippen LogP contribution in [0.1, 0.15) is 0 Å². The number of carboxylic acids is 2. The number of carboxylic acid groups (broad SMARTS) is 2. The van der Waals surface area contributed by atoms with Crippen molar-refractivity contribution in [3.63, 3.8) is 0 Å². The van der Waals surface area contributed by atoms with Gasteiger partial charge < -0.3 is 19.8 Å². The van der Waals surface area contributed by atoms with Crippen molar-refractivity contribution in [3.8, 4) is 5.88 Å². The standard InChI is InChI=1S/C10H12N2O5/c1-17-8-4-7(2-3-11-8)12(5-9(13)14)6-10(15)16/h2-4H,5-6H2,1H3,(H,13,14)(H,15,16). The van der Waals surface area contributed by atoms with Crippen LogP contribution in [0.2, 0.25) is 0 Å². The molecule has 0 unspecified atom stereocenters. The highest BCUT2D eigenvalue weighted by Gasteiger charge is 2.14. The highest BCUT2D eigenvalue weighted by atomic mass is 16.5. The molecule has 1 aromatic heterocycles. The van der Waals surface area contributed by atoms with Crippen molar-refractivity contribution in [3.05, 3.63) is 18.3 Å². The molecule has 0 aliphatic carbocycles. The molecule has 0 aromatic carbocycles. The molecule has 0 spiro atoms. The molecule has 0 fully saturated rings. The Morgan fingerprint density at radius 1 is 1.35 bits per heavy atom. The lowest BCUT2D eigenvalue weighted by atomic mass is 10.3. The number of anilines is 1. The van der Waals surface area contributed by atoms with Crippen molar-refractivity contribution < 1.29 is 24.5 Å². The van der Waals surface area contributed by atoms with Gasteiger partial charge in [0.15, 0.2) is 0 Å². The van der Waals surface area contributed by atoms with Crippen molar-refractivity contribution in [2.75, 3.05) is 25.1 Å². The minimum Gasteiger partial charge on any atom is -0.481 e. The minimum absolute atomic E-state index is 0.295. The summed E-state index contributed by atoms with van der Waals surface area (Å²) in [4.78, 5) is 26.3. The van der Waals surface area contributed by atoms with Crippen LogP contribution >= 0.6 is 0 Å². The number of nitrogens with zero attached hydrogens (tertiary/aromatic N) is 2. The zero-order valence-corrected chi connectivity index (χ0v) is 9.16. The molecular formula is C10H12N2O5. The number of carbonyl (C=O) groups is 2. The van der Waals surface area contributed by atoms with E-state index in [-0.39, 0.29) is 0 Å². The number of pyridine rings is 1. The molecule has 0 radical (unpaired) electrons. The summed E-state index contributed by atoms with van der Waals surface area (Å²) in [6.45, 7) is -0.807. The van der Waals surface area contributed by atoms with E-state index in [4.69, 9.17) is 14.9 Å². The lowest BCUT2D eigenvalue weighted by Crippen LogP contribution is -2.34. The van der Waals surface area contributed by atoms with E-state index in [9.17, 15) is 9.59 Å².